The molecule has 0 radical (unpaired) electrons. The molecule has 2 N–H and O–H groups in total. The number of hydrogen-bond acceptors (Lipinski definition) is 4. The fourth-order valence-electron chi connectivity index (χ4n) is 1.60. The molecule has 1 aromatic heterocycles. The Bertz CT molecular complexity index is 759. The van der Waals surface area contributed by atoms with Crippen molar-refractivity contribution in [1.29, 1.82) is 0 Å². The van der Waals surface area contributed by atoms with Gasteiger partial charge < -0.3 is 10.5 Å². The van der Waals surface area contributed by atoms with E-state index in [1.54, 1.807) is 18.2 Å². The number of nitrogen functional groups attached to an aromatic ring is 1. The van der Waals surface area contributed by atoms with Crippen molar-refractivity contribution in [1.82, 2.24) is 4.98 Å². The highest BCUT2D eigenvalue weighted by molar-refractivity contribution is 9.10. The van der Waals surface area contributed by atoms with E-state index in [9.17, 15) is 4.39 Å². The van der Waals surface area contributed by atoms with E-state index in [4.69, 9.17) is 10.5 Å². The summed E-state index contributed by atoms with van der Waals surface area (Å²) < 4.78 is 20.3. The average molecular weight is 339 g/mol. The molecular weight excluding hydrogens is 331 g/mol. The molecule has 0 unspecified atom stereocenters. The van der Waals surface area contributed by atoms with Gasteiger partial charge in [-0.05, 0) is 46.3 Å². The van der Waals surface area contributed by atoms with Gasteiger partial charge in [-0.25, -0.2) is 9.37 Å². The number of nitrogens with zero attached hydrogens (tertiary/aromatic N) is 1. The number of fused-ring (bicyclic) bond motifs is 1. The van der Waals surface area contributed by atoms with Crippen LogP contribution in [-0.4, -0.2) is 4.98 Å². The van der Waals surface area contributed by atoms with E-state index in [-0.39, 0.29) is 5.82 Å². The Balaban J connectivity index is 1.94. The minimum absolute atomic E-state index is 0.372. The van der Waals surface area contributed by atoms with Crippen LogP contribution in [0.15, 0.2) is 40.9 Å². The van der Waals surface area contributed by atoms with Crippen LogP contribution in [0.5, 0.6) is 10.9 Å². The van der Waals surface area contributed by atoms with Gasteiger partial charge in [-0.3, -0.25) is 0 Å². The second-order valence-electron chi connectivity index (χ2n) is 3.88. The zero-order valence-corrected chi connectivity index (χ0v) is 12.0. The van der Waals surface area contributed by atoms with E-state index in [1.807, 2.05) is 12.1 Å². The topological polar surface area (TPSA) is 48.1 Å². The number of aromatic nitrogens is 1. The van der Waals surface area contributed by atoms with E-state index >= 15 is 0 Å². The summed E-state index contributed by atoms with van der Waals surface area (Å²) in [6, 6.07) is 10.0. The third kappa shape index (κ3) is 2.54. The molecule has 0 fully saturated rings. The van der Waals surface area contributed by atoms with Gasteiger partial charge in [0.15, 0.2) is 0 Å². The number of benzene rings is 2. The zero-order valence-electron chi connectivity index (χ0n) is 9.56. The number of ether oxygens (including phenoxy) is 1. The molecule has 0 saturated carbocycles. The maximum atomic E-state index is 13.4. The average Bonchev–Trinajstić information content (AvgIpc) is 2.75. The molecule has 1 heterocycles. The Hall–Kier alpha value is -1.66. The Morgan fingerprint density at radius 1 is 1.21 bits per heavy atom. The van der Waals surface area contributed by atoms with Crippen LogP contribution < -0.4 is 10.5 Å². The van der Waals surface area contributed by atoms with Crippen LogP contribution in [0.1, 0.15) is 0 Å². The van der Waals surface area contributed by atoms with Gasteiger partial charge in [0, 0.05) is 11.8 Å². The first-order valence-electron chi connectivity index (χ1n) is 5.41. The number of nitrogens with two attached hydrogens (primary N) is 1. The van der Waals surface area contributed by atoms with Gasteiger partial charge in [0.25, 0.3) is 5.19 Å². The van der Waals surface area contributed by atoms with Gasteiger partial charge in [0.1, 0.15) is 11.6 Å². The first-order chi connectivity index (χ1) is 9.11. The summed E-state index contributed by atoms with van der Waals surface area (Å²) in [6.45, 7) is 0. The standard InChI is InChI=1S/C13H8BrFN2OS/c14-9-3-2-8(6-10(9)15)18-13-17-11-4-1-7(16)5-12(11)19-13/h1-6H,16H2. The monoisotopic (exact) mass is 338 g/mol. The molecule has 0 aliphatic heterocycles. The second-order valence-corrected chi connectivity index (χ2v) is 5.73. The Labute approximate surface area is 121 Å². The van der Waals surface area contributed by atoms with Gasteiger partial charge in [0.2, 0.25) is 0 Å². The molecule has 0 amide bonds. The summed E-state index contributed by atoms with van der Waals surface area (Å²) in [5.41, 5.74) is 7.20. The smallest absolute Gasteiger partial charge is 0.279 e. The molecule has 0 spiro atoms. The van der Waals surface area contributed by atoms with Gasteiger partial charge in [-0.15, -0.1) is 0 Å². The molecule has 3 nitrogen and oxygen atoms in total. The summed E-state index contributed by atoms with van der Waals surface area (Å²) in [5, 5.41) is 0.460. The van der Waals surface area contributed by atoms with Crippen molar-refractivity contribution in [3.63, 3.8) is 0 Å². The summed E-state index contributed by atoms with van der Waals surface area (Å²) >= 11 is 4.46. The molecule has 3 rings (SSSR count). The first-order valence-corrected chi connectivity index (χ1v) is 7.02. The van der Waals surface area contributed by atoms with Crippen LogP contribution in [0.25, 0.3) is 10.2 Å². The molecule has 0 aliphatic rings. The van der Waals surface area contributed by atoms with Crippen molar-refractivity contribution >= 4 is 43.2 Å². The maximum Gasteiger partial charge on any atom is 0.279 e. The molecule has 0 saturated heterocycles. The predicted octanol–water partition coefficient (Wildman–Crippen LogP) is 4.57. The fourth-order valence-corrected chi connectivity index (χ4v) is 2.73. The summed E-state index contributed by atoms with van der Waals surface area (Å²) in [5.74, 6) is 0.0376. The minimum atomic E-state index is -0.372. The highest BCUT2D eigenvalue weighted by Crippen LogP contribution is 2.33. The number of anilines is 1. The quantitative estimate of drug-likeness (QED) is 0.696. The van der Waals surface area contributed by atoms with Crippen LogP contribution >= 0.6 is 27.3 Å². The van der Waals surface area contributed by atoms with Crippen molar-refractivity contribution in [2.75, 3.05) is 5.73 Å². The highest BCUT2D eigenvalue weighted by atomic mass is 79.9. The van der Waals surface area contributed by atoms with Crippen molar-refractivity contribution in [2.45, 2.75) is 0 Å². The Morgan fingerprint density at radius 3 is 2.84 bits per heavy atom. The third-order valence-corrected chi connectivity index (χ3v) is 4.03. The summed E-state index contributed by atoms with van der Waals surface area (Å²) in [4.78, 5) is 4.31. The number of halogens is 2. The predicted molar refractivity (Wildman–Crippen MR) is 78.2 cm³/mol. The van der Waals surface area contributed by atoms with Gasteiger partial charge in [-0.1, -0.05) is 11.3 Å². The first kappa shape index (κ1) is 12.4. The van der Waals surface area contributed by atoms with Crippen molar-refractivity contribution in [2.24, 2.45) is 0 Å². The number of rotatable bonds is 2. The van der Waals surface area contributed by atoms with Crippen LogP contribution in [0.2, 0.25) is 0 Å². The normalized spacial score (nSPS) is 10.8. The molecule has 0 atom stereocenters. The lowest BCUT2D eigenvalue weighted by Crippen LogP contribution is -1.85. The SMILES string of the molecule is Nc1ccc2nc(Oc3ccc(Br)c(F)c3)sc2c1. The molecule has 2 aromatic carbocycles. The van der Waals surface area contributed by atoms with E-state index < -0.39 is 0 Å². The van der Waals surface area contributed by atoms with Crippen LogP contribution in [-0.2, 0) is 0 Å². The second kappa shape index (κ2) is 4.79. The van der Waals surface area contributed by atoms with Crippen LogP contribution in [0, 0.1) is 5.82 Å². The van der Waals surface area contributed by atoms with Crippen molar-refractivity contribution in [3.05, 3.63) is 46.7 Å². The lowest BCUT2D eigenvalue weighted by molar-refractivity contribution is 0.474. The van der Waals surface area contributed by atoms with E-state index in [1.165, 1.54) is 17.4 Å². The highest BCUT2D eigenvalue weighted by Gasteiger charge is 2.08. The van der Waals surface area contributed by atoms with Crippen molar-refractivity contribution in [3.8, 4) is 10.9 Å². The van der Waals surface area contributed by atoms with Crippen molar-refractivity contribution < 1.29 is 9.13 Å². The van der Waals surface area contributed by atoms with Gasteiger partial charge >= 0.3 is 0 Å². The van der Waals surface area contributed by atoms with E-state index in [0.29, 0.717) is 21.1 Å². The molecule has 96 valence electrons. The molecule has 19 heavy (non-hydrogen) atoms. The lowest BCUT2D eigenvalue weighted by Gasteiger charge is -2.01. The Morgan fingerprint density at radius 2 is 2.05 bits per heavy atom. The van der Waals surface area contributed by atoms with Crippen LogP contribution in [0.4, 0.5) is 10.1 Å². The van der Waals surface area contributed by atoms with Crippen LogP contribution in [0.3, 0.4) is 0 Å². The number of thiazole rings is 1. The zero-order chi connectivity index (χ0) is 13.4. The summed E-state index contributed by atoms with van der Waals surface area (Å²) in [7, 11) is 0. The molecular formula is C13H8BrFN2OS. The van der Waals surface area contributed by atoms with E-state index in [0.717, 1.165) is 10.2 Å². The molecule has 3 aromatic rings. The molecule has 0 aliphatic carbocycles. The third-order valence-electron chi connectivity index (χ3n) is 2.49. The molecule has 0 bridgehead atoms. The summed E-state index contributed by atoms with van der Waals surface area (Å²) in [6.07, 6.45) is 0. The number of hydrogen-bond donors (Lipinski definition) is 1. The van der Waals surface area contributed by atoms with Gasteiger partial charge in [-0.2, -0.15) is 0 Å². The van der Waals surface area contributed by atoms with E-state index in [2.05, 4.69) is 20.9 Å². The fraction of sp³-hybridized carbons (Fsp3) is 0. The maximum absolute atomic E-state index is 13.4. The largest absolute Gasteiger partial charge is 0.431 e. The minimum Gasteiger partial charge on any atom is -0.431 e. The Kier molecular flexibility index (Phi) is 3.12. The van der Waals surface area contributed by atoms with Gasteiger partial charge in [0.05, 0.1) is 14.7 Å². The lowest BCUT2D eigenvalue weighted by atomic mass is 10.3. The molecule has 6 heteroatoms.